The highest BCUT2D eigenvalue weighted by atomic mass is 19.4. The van der Waals surface area contributed by atoms with Gasteiger partial charge in [0.15, 0.2) is 0 Å². The van der Waals surface area contributed by atoms with Gasteiger partial charge in [-0.2, -0.15) is 13.2 Å². The quantitative estimate of drug-likeness (QED) is 0.843. The molecule has 3 rings (SSSR count). The van der Waals surface area contributed by atoms with E-state index >= 15 is 0 Å². The molecule has 0 bridgehead atoms. The van der Waals surface area contributed by atoms with Crippen molar-refractivity contribution in [3.8, 4) is 5.88 Å². The Balaban J connectivity index is 1.63. The van der Waals surface area contributed by atoms with E-state index in [0.29, 0.717) is 12.5 Å². The Bertz CT molecular complexity index is 706. The van der Waals surface area contributed by atoms with Gasteiger partial charge in [-0.25, -0.2) is 15.0 Å². The summed E-state index contributed by atoms with van der Waals surface area (Å²) >= 11 is 0. The number of aryl methyl sites for hydroxylation is 1. The number of nitrogens with zero attached hydrogens (tertiary/aromatic N) is 4. The van der Waals surface area contributed by atoms with Gasteiger partial charge in [0.1, 0.15) is 5.56 Å². The average Bonchev–Trinajstić information content (AvgIpc) is 2.60. The molecule has 1 atom stereocenters. The van der Waals surface area contributed by atoms with Crippen molar-refractivity contribution in [2.24, 2.45) is 5.92 Å². The molecule has 0 aliphatic carbocycles. The lowest BCUT2D eigenvalue weighted by atomic mass is 9.99. The largest absolute Gasteiger partial charge is 0.477 e. The zero-order chi connectivity index (χ0) is 17.9. The minimum absolute atomic E-state index is 0.0988. The molecule has 25 heavy (non-hydrogen) atoms. The fourth-order valence-corrected chi connectivity index (χ4v) is 2.85. The fraction of sp³-hybridized carbons (Fsp3) is 0.471. The summed E-state index contributed by atoms with van der Waals surface area (Å²) in [6.07, 6.45) is 2.14. The second-order valence-corrected chi connectivity index (χ2v) is 6.18. The third-order valence-electron chi connectivity index (χ3n) is 4.10. The van der Waals surface area contributed by atoms with Crippen LogP contribution in [0.4, 0.5) is 19.1 Å². The molecule has 0 amide bonds. The van der Waals surface area contributed by atoms with Gasteiger partial charge in [0.05, 0.1) is 6.61 Å². The summed E-state index contributed by atoms with van der Waals surface area (Å²) < 4.78 is 44.4. The van der Waals surface area contributed by atoms with Gasteiger partial charge >= 0.3 is 6.18 Å². The summed E-state index contributed by atoms with van der Waals surface area (Å²) in [5.41, 5.74) is 0.139. The van der Waals surface area contributed by atoms with E-state index in [4.69, 9.17) is 4.74 Å². The predicted octanol–water partition coefficient (Wildman–Crippen LogP) is 3.49. The molecule has 8 heteroatoms. The Morgan fingerprint density at radius 2 is 2.00 bits per heavy atom. The van der Waals surface area contributed by atoms with Gasteiger partial charge in [-0.05, 0) is 37.5 Å². The molecule has 2 aromatic heterocycles. The van der Waals surface area contributed by atoms with Gasteiger partial charge in [-0.15, -0.1) is 0 Å². The van der Waals surface area contributed by atoms with Crippen LogP contribution < -0.4 is 9.64 Å². The van der Waals surface area contributed by atoms with Gasteiger partial charge in [0, 0.05) is 37.6 Å². The second kappa shape index (κ2) is 7.25. The predicted molar refractivity (Wildman–Crippen MR) is 86.4 cm³/mol. The Morgan fingerprint density at radius 3 is 2.72 bits per heavy atom. The van der Waals surface area contributed by atoms with Crippen LogP contribution in [0.15, 0.2) is 30.7 Å². The highest BCUT2D eigenvalue weighted by Crippen LogP contribution is 2.35. The SMILES string of the molecule is Cc1cnc(N2CCCC(COc3ncccc3C(F)(F)F)C2)nc1. The number of hydrogen-bond donors (Lipinski definition) is 0. The molecule has 0 radical (unpaired) electrons. The lowest BCUT2D eigenvalue weighted by molar-refractivity contribution is -0.139. The summed E-state index contributed by atoms with van der Waals surface area (Å²) in [7, 11) is 0. The number of halogens is 3. The van der Waals surface area contributed by atoms with Crippen LogP contribution in [0.2, 0.25) is 0 Å². The highest BCUT2D eigenvalue weighted by Gasteiger charge is 2.35. The number of pyridine rings is 1. The number of piperidine rings is 1. The molecule has 1 fully saturated rings. The molecule has 0 saturated carbocycles. The minimum Gasteiger partial charge on any atom is -0.477 e. The van der Waals surface area contributed by atoms with Crippen molar-refractivity contribution >= 4 is 5.95 Å². The maximum atomic E-state index is 13.0. The molecule has 134 valence electrons. The molecule has 1 unspecified atom stereocenters. The highest BCUT2D eigenvalue weighted by molar-refractivity contribution is 5.31. The third-order valence-corrected chi connectivity index (χ3v) is 4.10. The van der Waals surface area contributed by atoms with Gasteiger partial charge in [-0.1, -0.05) is 0 Å². The molecule has 5 nitrogen and oxygen atoms in total. The zero-order valence-corrected chi connectivity index (χ0v) is 13.8. The van der Waals surface area contributed by atoms with E-state index in [2.05, 4.69) is 15.0 Å². The van der Waals surface area contributed by atoms with Gasteiger partial charge in [0.2, 0.25) is 11.8 Å². The molecule has 0 N–H and O–H groups in total. The molecule has 1 aliphatic heterocycles. The van der Waals surface area contributed by atoms with Gasteiger partial charge in [-0.3, -0.25) is 0 Å². The molecule has 1 aliphatic rings. The van der Waals surface area contributed by atoms with Gasteiger partial charge < -0.3 is 9.64 Å². The van der Waals surface area contributed by atoms with E-state index in [9.17, 15) is 13.2 Å². The van der Waals surface area contributed by atoms with Crippen molar-refractivity contribution in [1.82, 2.24) is 15.0 Å². The van der Waals surface area contributed by atoms with Crippen molar-refractivity contribution < 1.29 is 17.9 Å². The molecular formula is C17H19F3N4O. The van der Waals surface area contributed by atoms with Crippen molar-refractivity contribution in [3.63, 3.8) is 0 Å². The van der Waals surface area contributed by atoms with Crippen molar-refractivity contribution in [1.29, 1.82) is 0 Å². The number of alkyl halides is 3. The summed E-state index contributed by atoms with van der Waals surface area (Å²) in [5, 5.41) is 0. The molecule has 1 saturated heterocycles. The van der Waals surface area contributed by atoms with Crippen LogP contribution in [0, 0.1) is 12.8 Å². The first-order valence-corrected chi connectivity index (χ1v) is 8.12. The zero-order valence-electron chi connectivity index (χ0n) is 13.8. The third kappa shape index (κ3) is 4.37. The normalized spacial score (nSPS) is 18.2. The monoisotopic (exact) mass is 352 g/mol. The van der Waals surface area contributed by atoms with Crippen LogP contribution in [-0.2, 0) is 6.18 Å². The van der Waals surface area contributed by atoms with E-state index in [1.54, 1.807) is 12.4 Å². The smallest absolute Gasteiger partial charge is 0.421 e. The van der Waals surface area contributed by atoms with E-state index in [1.165, 1.54) is 12.3 Å². The Labute approximate surface area is 143 Å². The number of ether oxygens (including phenoxy) is 1. The maximum absolute atomic E-state index is 13.0. The average molecular weight is 352 g/mol. The standard InChI is InChI=1S/C17H19F3N4O/c1-12-8-22-16(23-9-12)24-7-3-4-13(10-24)11-25-15-14(17(18,19)20)5-2-6-21-15/h2,5-6,8-9,13H,3-4,7,10-11H2,1H3. The number of anilines is 1. The summed E-state index contributed by atoms with van der Waals surface area (Å²) in [4.78, 5) is 14.4. The van der Waals surface area contributed by atoms with E-state index < -0.39 is 11.7 Å². The van der Waals surface area contributed by atoms with E-state index in [1.807, 2.05) is 11.8 Å². The molecular weight excluding hydrogens is 333 g/mol. The molecule has 3 heterocycles. The lowest BCUT2D eigenvalue weighted by Crippen LogP contribution is -2.38. The topological polar surface area (TPSA) is 51.1 Å². The van der Waals surface area contributed by atoms with Crippen LogP contribution >= 0.6 is 0 Å². The summed E-state index contributed by atoms with van der Waals surface area (Å²) in [6, 6.07) is 2.24. The van der Waals surface area contributed by atoms with Crippen LogP contribution in [-0.4, -0.2) is 34.6 Å². The Kier molecular flexibility index (Phi) is 5.06. The first-order valence-electron chi connectivity index (χ1n) is 8.12. The molecule has 0 spiro atoms. The summed E-state index contributed by atoms with van der Waals surface area (Å²) in [6.45, 7) is 3.58. The minimum atomic E-state index is -4.47. The number of rotatable bonds is 4. The molecule has 2 aromatic rings. The first-order chi connectivity index (χ1) is 11.9. The van der Waals surface area contributed by atoms with Crippen LogP contribution in [0.5, 0.6) is 5.88 Å². The van der Waals surface area contributed by atoms with Crippen molar-refractivity contribution in [2.45, 2.75) is 25.9 Å². The van der Waals surface area contributed by atoms with E-state index in [-0.39, 0.29) is 18.4 Å². The first kappa shape index (κ1) is 17.4. The van der Waals surface area contributed by atoms with E-state index in [0.717, 1.165) is 31.0 Å². The lowest BCUT2D eigenvalue weighted by Gasteiger charge is -2.32. The Morgan fingerprint density at radius 1 is 1.24 bits per heavy atom. The fourth-order valence-electron chi connectivity index (χ4n) is 2.85. The number of aromatic nitrogens is 3. The number of hydrogen-bond acceptors (Lipinski definition) is 5. The molecule has 0 aromatic carbocycles. The van der Waals surface area contributed by atoms with Crippen LogP contribution in [0.1, 0.15) is 24.0 Å². The maximum Gasteiger partial charge on any atom is 0.421 e. The summed E-state index contributed by atoms with van der Waals surface area (Å²) in [5.74, 6) is 0.379. The van der Waals surface area contributed by atoms with Crippen LogP contribution in [0.3, 0.4) is 0 Å². The van der Waals surface area contributed by atoms with Crippen molar-refractivity contribution in [2.75, 3.05) is 24.6 Å². The van der Waals surface area contributed by atoms with Gasteiger partial charge in [0.25, 0.3) is 0 Å². The Hall–Kier alpha value is -2.38. The second-order valence-electron chi connectivity index (χ2n) is 6.18. The van der Waals surface area contributed by atoms with Crippen molar-refractivity contribution in [3.05, 3.63) is 41.9 Å². The van der Waals surface area contributed by atoms with Crippen LogP contribution in [0.25, 0.3) is 0 Å².